The summed E-state index contributed by atoms with van der Waals surface area (Å²) >= 11 is 0. The molecule has 0 rings (SSSR count). The van der Waals surface area contributed by atoms with Gasteiger partial charge in [0.1, 0.15) is 0 Å². The third-order valence-electron chi connectivity index (χ3n) is 6.72. The van der Waals surface area contributed by atoms with Gasteiger partial charge in [0.25, 0.3) is 14.3 Å². The first kappa shape index (κ1) is 27.9. The minimum atomic E-state index is -1.95. The first-order chi connectivity index (χ1) is 12.6. The van der Waals surface area contributed by atoms with Crippen molar-refractivity contribution in [3.63, 3.8) is 0 Å². The average Bonchev–Trinajstić information content (AvgIpc) is 2.49. The van der Waals surface area contributed by atoms with Crippen molar-refractivity contribution in [1.82, 2.24) is 0 Å². The molecule has 0 unspecified atom stereocenters. The number of unbranched alkanes of at least 4 members (excludes halogenated alkanes) is 7. The molecule has 0 saturated carbocycles. The Morgan fingerprint density at radius 1 is 0.643 bits per heavy atom. The van der Waals surface area contributed by atoms with E-state index in [2.05, 4.69) is 67.7 Å². The summed E-state index contributed by atoms with van der Waals surface area (Å²) in [6.07, 6.45) is 10.3. The standard InChI is InChI=1S/C23H50O3Si2/c1-22(2,3)27(7,8)25-20-18-16-14-12-11-13-15-17-19-21(24)26-28(9,10)23(4,5)6/h11-20H2,1-10H3. The third kappa shape index (κ3) is 11.2. The molecule has 0 heterocycles. The fourth-order valence-corrected chi connectivity index (χ4v) is 4.53. The van der Waals surface area contributed by atoms with Crippen LogP contribution in [0.15, 0.2) is 0 Å². The van der Waals surface area contributed by atoms with E-state index in [0.29, 0.717) is 11.5 Å². The van der Waals surface area contributed by atoms with Crippen LogP contribution in [0.1, 0.15) is 99.3 Å². The van der Waals surface area contributed by atoms with Crippen LogP contribution in [0, 0.1) is 0 Å². The Balaban J connectivity index is 3.63. The number of carbonyl (C=O) groups is 1. The minimum absolute atomic E-state index is 0.00771. The van der Waals surface area contributed by atoms with Crippen LogP contribution >= 0.6 is 0 Å². The van der Waals surface area contributed by atoms with Gasteiger partial charge in [0, 0.05) is 13.0 Å². The first-order valence-electron chi connectivity index (χ1n) is 11.5. The lowest BCUT2D eigenvalue weighted by Crippen LogP contribution is -2.42. The van der Waals surface area contributed by atoms with E-state index < -0.39 is 16.6 Å². The molecule has 28 heavy (non-hydrogen) atoms. The molecule has 0 aliphatic carbocycles. The van der Waals surface area contributed by atoms with Gasteiger partial charge in [-0.2, -0.15) is 0 Å². The topological polar surface area (TPSA) is 35.5 Å². The molecule has 0 saturated heterocycles. The molecule has 0 spiro atoms. The molecule has 0 radical (unpaired) electrons. The predicted octanol–water partition coefficient (Wildman–Crippen LogP) is 8.07. The number of carbonyl (C=O) groups excluding carboxylic acids is 1. The summed E-state index contributed by atoms with van der Waals surface area (Å²) in [5.74, 6) is 0.00771. The molecule has 168 valence electrons. The fraction of sp³-hybridized carbons (Fsp3) is 0.957. The van der Waals surface area contributed by atoms with E-state index in [1.165, 1.54) is 38.5 Å². The predicted molar refractivity (Wildman–Crippen MR) is 128 cm³/mol. The Morgan fingerprint density at radius 3 is 1.46 bits per heavy atom. The minimum Gasteiger partial charge on any atom is -0.519 e. The lowest BCUT2D eigenvalue weighted by Gasteiger charge is -2.36. The highest BCUT2D eigenvalue weighted by atomic mass is 28.4. The molecular formula is C23H50O3Si2. The van der Waals surface area contributed by atoms with Crippen LogP contribution in [-0.2, 0) is 13.6 Å². The van der Waals surface area contributed by atoms with Gasteiger partial charge in [-0.25, -0.2) is 0 Å². The first-order valence-corrected chi connectivity index (χ1v) is 17.3. The molecular weight excluding hydrogens is 380 g/mol. The maximum atomic E-state index is 12.1. The van der Waals surface area contributed by atoms with Gasteiger partial charge in [0.2, 0.25) is 0 Å². The Morgan fingerprint density at radius 2 is 1.04 bits per heavy atom. The zero-order valence-electron chi connectivity index (χ0n) is 20.8. The van der Waals surface area contributed by atoms with E-state index in [0.717, 1.165) is 19.4 Å². The van der Waals surface area contributed by atoms with Gasteiger partial charge in [-0.3, -0.25) is 4.79 Å². The highest BCUT2D eigenvalue weighted by Crippen LogP contribution is 2.37. The Bertz CT molecular complexity index is 446. The molecule has 0 aliphatic heterocycles. The second-order valence-corrected chi connectivity index (χ2v) is 21.0. The van der Waals surface area contributed by atoms with Gasteiger partial charge < -0.3 is 8.85 Å². The molecule has 0 aromatic rings. The molecule has 0 amide bonds. The van der Waals surface area contributed by atoms with Gasteiger partial charge in [0.05, 0.1) is 0 Å². The van der Waals surface area contributed by atoms with Crippen LogP contribution in [-0.4, -0.2) is 29.2 Å². The summed E-state index contributed by atoms with van der Waals surface area (Å²) in [6.45, 7) is 23.3. The smallest absolute Gasteiger partial charge is 0.292 e. The summed E-state index contributed by atoms with van der Waals surface area (Å²) in [4.78, 5) is 12.1. The molecule has 5 heteroatoms. The quantitative estimate of drug-likeness (QED) is 0.219. The Kier molecular flexibility index (Phi) is 11.8. The van der Waals surface area contributed by atoms with Crippen molar-refractivity contribution in [2.45, 2.75) is 136 Å². The van der Waals surface area contributed by atoms with Gasteiger partial charge in [0.15, 0.2) is 8.32 Å². The fourth-order valence-electron chi connectivity index (χ4n) is 2.46. The van der Waals surface area contributed by atoms with Crippen LogP contribution in [0.4, 0.5) is 0 Å². The maximum absolute atomic E-state index is 12.1. The van der Waals surface area contributed by atoms with Crippen LogP contribution in [0.2, 0.25) is 36.3 Å². The van der Waals surface area contributed by atoms with Gasteiger partial charge in [-0.15, -0.1) is 0 Å². The average molecular weight is 431 g/mol. The second-order valence-electron chi connectivity index (χ2n) is 11.4. The van der Waals surface area contributed by atoms with Crippen LogP contribution < -0.4 is 0 Å². The molecule has 0 fully saturated rings. The van der Waals surface area contributed by atoms with Crippen molar-refractivity contribution < 1.29 is 13.6 Å². The van der Waals surface area contributed by atoms with Crippen molar-refractivity contribution in [2.75, 3.05) is 6.61 Å². The molecule has 0 aromatic heterocycles. The van der Waals surface area contributed by atoms with E-state index in [-0.39, 0.29) is 11.0 Å². The normalized spacial score (nSPS) is 13.6. The van der Waals surface area contributed by atoms with Crippen molar-refractivity contribution in [3.05, 3.63) is 0 Å². The monoisotopic (exact) mass is 430 g/mol. The van der Waals surface area contributed by atoms with Crippen LogP contribution in [0.25, 0.3) is 0 Å². The van der Waals surface area contributed by atoms with Gasteiger partial charge in [-0.1, -0.05) is 80.1 Å². The highest BCUT2D eigenvalue weighted by molar-refractivity contribution is 6.75. The SMILES string of the molecule is CC(C)(C)[Si](C)(C)OCCCCCCCCCCC(=O)O[Si](C)(C)C(C)(C)C. The number of rotatable bonds is 13. The number of hydrogen-bond acceptors (Lipinski definition) is 3. The van der Waals surface area contributed by atoms with E-state index >= 15 is 0 Å². The summed E-state index contributed by atoms with van der Waals surface area (Å²) in [7, 11) is -3.51. The molecule has 0 N–H and O–H groups in total. The Labute approximate surface area is 178 Å². The van der Waals surface area contributed by atoms with Crippen molar-refractivity contribution >= 4 is 22.6 Å². The van der Waals surface area contributed by atoms with Crippen LogP contribution in [0.5, 0.6) is 0 Å². The lowest BCUT2D eigenvalue weighted by atomic mass is 10.1. The summed E-state index contributed by atoms with van der Waals surface area (Å²) in [6, 6.07) is 0. The molecule has 0 aliphatic rings. The molecule has 3 nitrogen and oxygen atoms in total. The largest absolute Gasteiger partial charge is 0.519 e. The van der Waals surface area contributed by atoms with E-state index in [1.54, 1.807) is 0 Å². The van der Waals surface area contributed by atoms with Crippen molar-refractivity contribution in [1.29, 1.82) is 0 Å². The summed E-state index contributed by atoms with van der Waals surface area (Å²) in [5.41, 5.74) is 0. The van der Waals surface area contributed by atoms with E-state index in [4.69, 9.17) is 8.85 Å². The molecule has 0 aromatic carbocycles. The van der Waals surface area contributed by atoms with Crippen molar-refractivity contribution in [3.8, 4) is 0 Å². The maximum Gasteiger partial charge on any atom is 0.292 e. The summed E-state index contributed by atoms with van der Waals surface area (Å²) < 4.78 is 12.0. The molecule has 0 bridgehead atoms. The molecule has 0 atom stereocenters. The zero-order valence-corrected chi connectivity index (χ0v) is 22.8. The second kappa shape index (κ2) is 11.9. The third-order valence-corrected chi connectivity index (χ3v) is 15.6. The van der Waals surface area contributed by atoms with E-state index in [1.807, 2.05) is 0 Å². The Hall–Kier alpha value is -0.136. The van der Waals surface area contributed by atoms with E-state index in [9.17, 15) is 4.79 Å². The van der Waals surface area contributed by atoms with Gasteiger partial charge >= 0.3 is 0 Å². The lowest BCUT2D eigenvalue weighted by molar-refractivity contribution is -0.135. The summed E-state index contributed by atoms with van der Waals surface area (Å²) in [5, 5.41) is 0.405. The van der Waals surface area contributed by atoms with Crippen molar-refractivity contribution in [2.24, 2.45) is 0 Å². The zero-order chi connectivity index (χ0) is 22.1. The highest BCUT2D eigenvalue weighted by Gasteiger charge is 2.40. The van der Waals surface area contributed by atoms with Crippen LogP contribution in [0.3, 0.4) is 0 Å². The van der Waals surface area contributed by atoms with Gasteiger partial charge in [-0.05, 0) is 49.1 Å². The number of hydrogen-bond donors (Lipinski definition) is 0.